The summed E-state index contributed by atoms with van der Waals surface area (Å²) in [5, 5.41) is 11.8. The number of para-hydroxylation sites is 1. The number of aryl methyl sites for hydroxylation is 1. The molecule has 0 radical (unpaired) electrons. The number of nitrogens with zero attached hydrogens (tertiary/aromatic N) is 1. The van der Waals surface area contributed by atoms with Crippen LogP contribution in [0.5, 0.6) is 0 Å². The molecule has 25 heavy (non-hydrogen) atoms. The van der Waals surface area contributed by atoms with E-state index in [1.165, 1.54) is 11.3 Å². The highest BCUT2D eigenvalue weighted by Gasteiger charge is 2.53. The minimum atomic E-state index is -5.71. The van der Waals surface area contributed by atoms with Gasteiger partial charge in [0.2, 0.25) is 5.08 Å². The van der Waals surface area contributed by atoms with Crippen molar-refractivity contribution < 1.29 is 38.4 Å². The Balaban J connectivity index is 2.27. The van der Waals surface area contributed by atoms with Gasteiger partial charge < -0.3 is 29.2 Å². The van der Waals surface area contributed by atoms with Crippen molar-refractivity contribution in [1.82, 2.24) is 0 Å². The summed E-state index contributed by atoms with van der Waals surface area (Å²) in [5.74, 6) is 0. The number of rotatable bonds is 7. The van der Waals surface area contributed by atoms with Crippen LogP contribution >= 0.6 is 26.5 Å². The highest BCUT2D eigenvalue weighted by atomic mass is 32.1. The van der Waals surface area contributed by atoms with Crippen molar-refractivity contribution in [3.63, 3.8) is 0 Å². The van der Waals surface area contributed by atoms with E-state index in [4.69, 9.17) is 4.89 Å². The summed E-state index contributed by atoms with van der Waals surface area (Å²) >= 11 is 1.30. The van der Waals surface area contributed by atoms with Gasteiger partial charge in [-0.05, 0) is 19.1 Å². The Labute approximate surface area is 147 Å². The Bertz CT molecular complexity index is 808. The summed E-state index contributed by atoms with van der Waals surface area (Å²) in [6, 6.07) is 9.10. The predicted molar refractivity (Wildman–Crippen MR) is 90.4 cm³/mol. The van der Waals surface area contributed by atoms with Crippen molar-refractivity contribution in [3.05, 3.63) is 41.4 Å². The smallest absolute Gasteiger partial charge is 0.365 e. The molecular weight excluding hydrogens is 390 g/mol. The number of hydrogen-bond acceptors (Lipinski definition) is 6. The number of aromatic nitrogens is 1. The second-order valence-electron chi connectivity index (χ2n) is 5.41. The van der Waals surface area contributed by atoms with Crippen LogP contribution in [-0.4, -0.2) is 24.9 Å². The van der Waals surface area contributed by atoms with Crippen LogP contribution in [0.4, 0.5) is 10.8 Å². The molecule has 0 spiro atoms. The van der Waals surface area contributed by atoms with Crippen molar-refractivity contribution in [1.29, 1.82) is 0 Å². The fraction of sp³-hybridized carbons (Fsp3) is 0.308. The lowest BCUT2D eigenvalue weighted by Gasteiger charge is -2.35. The minimum Gasteiger partial charge on any atom is -0.776 e. The maximum Gasteiger partial charge on any atom is 0.365 e. The van der Waals surface area contributed by atoms with Crippen molar-refractivity contribution >= 4 is 37.3 Å². The summed E-state index contributed by atoms with van der Waals surface area (Å²) in [4.78, 5) is 38.8. The van der Waals surface area contributed by atoms with E-state index in [2.05, 4.69) is 5.32 Å². The fourth-order valence-corrected chi connectivity index (χ4v) is 5.20. The zero-order valence-corrected chi connectivity index (χ0v) is 15.7. The van der Waals surface area contributed by atoms with Crippen LogP contribution in [-0.2, 0) is 15.7 Å². The molecule has 0 fully saturated rings. The molecule has 0 saturated carbocycles. The third kappa shape index (κ3) is 4.36. The molecule has 0 saturated heterocycles. The van der Waals surface area contributed by atoms with Gasteiger partial charge in [0.1, 0.15) is 11.4 Å². The molecule has 0 amide bonds. The van der Waals surface area contributed by atoms with E-state index in [1.807, 2.05) is 30.3 Å². The van der Waals surface area contributed by atoms with E-state index < -0.39 is 26.7 Å². The Hall–Kier alpha value is -1.09. The standard InChI is InChI=1S/C13H18N2O7P2S/c1-10-9-25-12(14-11-5-3-2-4-6-11)15(10)8-7-13(16,23(17,18)19)24(20,21)22/h2-6,9,16H,7-8H2,1H3,(H4,17,18,19,20,21,22). The van der Waals surface area contributed by atoms with E-state index in [1.54, 1.807) is 16.9 Å². The van der Waals surface area contributed by atoms with Gasteiger partial charge in [-0.1, -0.05) is 29.5 Å². The maximum absolute atomic E-state index is 11.4. The number of anilines is 2. The highest BCUT2D eigenvalue weighted by Crippen LogP contribution is 2.66. The van der Waals surface area contributed by atoms with E-state index >= 15 is 0 Å². The van der Waals surface area contributed by atoms with Gasteiger partial charge in [0.05, 0.1) is 6.54 Å². The summed E-state index contributed by atoms with van der Waals surface area (Å²) in [7, 11) is -11.2. The lowest BCUT2D eigenvalue weighted by molar-refractivity contribution is -0.686. The molecule has 1 aromatic heterocycles. The average molecular weight is 408 g/mol. The second kappa shape index (κ2) is 7.26. The molecule has 2 unspecified atom stereocenters. The van der Waals surface area contributed by atoms with E-state index in [0.717, 1.165) is 5.69 Å². The van der Waals surface area contributed by atoms with Crippen molar-refractivity contribution in [2.45, 2.75) is 25.0 Å². The Morgan fingerprint density at radius 3 is 2.36 bits per heavy atom. The summed E-state index contributed by atoms with van der Waals surface area (Å²) in [5.41, 5.74) is 1.45. The molecule has 1 heterocycles. The zero-order chi connectivity index (χ0) is 18.9. The average Bonchev–Trinajstić information content (AvgIpc) is 2.84. The van der Waals surface area contributed by atoms with E-state index in [9.17, 15) is 28.9 Å². The number of thiazole rings is 1. The normalized spacial score (nSPS) is 16.9. The van der Waals surface area contributed by atoms with Gasteiger partial charge in [0, 0.05) is 11.8 Å². The molecule has 2 atom stereocenters. The van der Waals surface area contributed by atoms with Crippen molar-refractivity contribution in [3.8, 4) is 0 Å². The largest absolute Gasteiger partial charge is 0.776 e. The first-order chi connectivity index (χ1) is 11.5. The van der Waals surface area contributed by atoms with E-state index in [-0.39, 0.29) is 6.54 Å². The molecule has 5 N–H and O–H groups in total. The SMILES string of the molecule is Cc1csc(Nc2ccccc2)[n+]1CCC(O)(P(=O)([O-])O)P(=O)(O)O. The molecule has 9 nitrogen and oxygen atoms in total. The molecule has 0 bridgehead atoms. The van der Waals surface area contributed by atoms with Crippen LogP contribution in [0.25, 0.3) is 0 Å². The van der Waals surface area contributed by atoms with Gasteiger partial charge in [0.15, 0.2) is 7.60 Å². The van der Waals surface area contributed by atoms with Gasteiger partial charge in [-0.25, -0.2) is 9.88 Å². The molecule has 2 aromatic rings. The Morgan fingerprint density at radius 2 is 1.84 bits per heavy atom. The summed E-state index contributed by atoms with van der Waals surface area (Å²) in [6.07, 6.45) is -0.875. The van der Waals surface area contributed by atoms with Gasteiger partial charge >= 0.3 is 12.7 Å². The van der Waals surface area contributed by atoms with Crippen LogP contribution in [0.1, 0.15) is 12.1 Å². The number of aliphatic hydroxyl groups is 1. The third-order valence-corrected chi connectivity index (χ3v) is 8.46. The highest BCUT2D eigenvalue weighted by molar-refractivity contribution is 7.71. The fourth-order valence-electron chi connectivity index (χ4n) is 2.16. The summed E-state index contributed by atoms with van der Waals surface area (Å²) in [6.45, 7) is 1.48. The molecule has 0 aliphatic rings. The maximum atomic E-state index is 11.4. The quantitative estimate of drug-likeness (QED) is 0.334. The summed E-state index contributed by atoms with van der Waals surface area (Å²) < 4.78 is 24.3. The molecule has 0 aliphatic carbocycles. The molecule has 12 heteroatoms. The molecule has 2 rings (SSSR count). The van der Waals surface area contributed by atoms with E-state index in [0.29, 0.717) is 10.8 Å². The monoisotopic (exact) mass is 408 g/mol. The van der Waals surface area contributed by atoms with Gasteiger partial charge in [-0.2, -0.15) is 0 Å². The van der Waals surface area contributed by atoms with Crippen LogP contribution in [0.2, 0.25) is 0 Å². The zero-order valence-electron chi connectivity index (χ0n) is 13.1. The molecule has 138 valence electrons. The van der Waals surface area contributed by atoms with Crippen LogP contribution < -0.4 is 14.8 Å². The number of hydrogen-bond donors (Lipinski definition) is 5. The lowest BCUT2D eigenvalue weighted by Crippen LogP contribution is -2.43. The topological polar surface area (TPSA) is 154 Å². The number of benzene rings is 1. The van der Waals surface area contributed by atoms with Crippen LogP contribution in [0, 0.1) is 6.92 Å². The van der Waals surface area contributed by atoms with Gasteiger partial charge in [0.25, 0.3) is 0 Å². The van der Waals surface area contributed by atoms with Crippen molar-refractivity contribution in [2.24, 2.45) is 0 Å². The minimum absolute atomic E-state index is 0.237. The van der Waals surface area contributed by atoms with Crippen molar-refractivity contribution in [2.75, 3.05) is 5.32 Å². The number of nitrogens with one attached hydrogen (secondary N) is 1. The van der Waals surface area contributed by atoms with Crippen LogP contribution in [0.15, 0.2) is 35.7 Å². The molecular formula is C13H18N2O7P2S. The predicted octanol–water partition coefficient (Wildman–Crippen LogP) is 0.847. The Kier molecular flexibility index (Phi) is 5.88. The van der Waals surface area contributed by atoms with Gasteiger partial charge in [-0.15, -0.1) is 0 Å². The Morgan fingerprint density at radius 1 is 1.24 bits per heavy atom. The first-order valence-electron chi connectivity index (χ1n) is 7.07. The lowest BCUT2D eigenvalue weighted by atomic mass is 10.3. The first-order valence-corrected chi connectivity index (χ1v) is 11.1. The third-order valence-electron chi connectivity index (χ3n) is 3.63. The van der Waals surface area contributed by atoms with Crippen LogP contribution in [0.3, 0.4) is 0 Å². The second-order valence-corrected chi connectivity index (χ2v) is 10.2. The first kappa shape index (κ1) is 20.2. The van der Waals surface area contributed by atoms with Gasteiger partial charge in [-0.3, -0.25) is 4.57 Å². The molecule has 1 aromatic carbocycles. The molecule has 0 aliphatic heterocycles.